The van der Waals surface area contributed by atoms with Gasteiger partial charge < -0.3 is 4.90 Å². The molecule has 9 heteroatoms. The number of carbonyl (C=O) groups is 1. The molecule has 0 saturated carbocycles. The summed E-state index contributed by atoms with van der Waals surface area (Å²) in [4.78, 5) is 23.2. The molecule has 0 N–H and O–H groups in total. The molecule has 0 spiro atoms. The number of hydrazine groups is 1. The Morgan fingerprint density at radius 1 is 1.60 bits per heavy atom. The first kappa shape index (κ1) is 12.4. The summed E-state index contributed by atoms with van der Waals surface area (Å²) in [5.74, 6) is -0.792. The molecule has 0 aromatic heterocycles. The third kappa shape index (κ3) is 2.64. The number of carbonyl (C=O) groups excluding carboxylic acids is 1. The molecule has 15 heavy (non-hydrogen) atoms. The highest BCUT2D eigenvalue weighted by Crippen LogP contribution is 2.32. The van der Waals surface area contributed by atoms with Crippen molar-refractivity contribution in [1.29, 1.82) is 0 Å². The van der Waals surface area contributed by atoms with Crippen LogP contribution in [-0.2, 0) is 4.79 Å². The molecular weight excluding hydrogens is 268 g/mol. The molecular formula is C6H6Cl3N3O3. The van der Waals surface area contributed by atoms with Crippen molar-refractivity contribution in [2.24, 2.45) is 0 Å². The minimum absolute atomic E-state index is 0.00769. The second-order valence-electron chi connectivity index (χ2n) is 2.86. The first-order valence-corrected chi connectivity index (χ1v) is 4.82. The minimum atomic E-state index is -2.10. The third-order valence-electron chi connectivity index (χ3n) is 1.74. The van der Waals surface area contributed by atoms with E-state index in [9.17, 15) is 14.9 Å². The van der Waals surface area contributed by atoms with E-state index in [-0.39, 0.29) is 12.4 Å². The van der Waals surface area contributed by atoms with Gasteiger partial charge in [-0.15, -0.1) is 0 Å². The predicted octanol–water partition coefficient (Wildman–Crippen LogP) is 1.16. The lowest BCUT2D eigenvalue weighted by Crippen LogP contribution is -2.31. The lowest BCUT2D eigenvalue weighted by molar-refractivity contribution is -0.640. The SMILES string of the molecule is CN1CN([N+](=O)[O-])C=C1C(=O)C(Cl)(Cl)Cl. The molecule has 1 aliphatic heterocycles. The fourth-order valence-corrected chi connectivity index (χ4v) is 1.34. The summed E-state index contributed by atoms with van der Waals surface area (Å²) in [7, 11) is 1.49. The smallest absolute Gasteiger partial charge is 0.255 e. The lowest BCUT2D eigenvalue weighted by atomic mass is 10.3. The van der Waals surface area contributed by atoms with E-state index >= 15 is 0 Å². The molecule has 84 valence electrons. The van der Waals surface area contributed by atoms with Gasteiger partial charge in [-0.25, -0.2) is 10.1 Å². The summed E-state index contributed by atoms with van der Waals surface area (Å²) >= 11 is 16.1. The van der Waals surface area contributed by atoms with Gasteiger partial charge in [0.25, 0.3) is 3.79 Å². The van der Waals surface area contributed by atoms with E-state index in [4.69, 9.17) is 34.8 Å². The topological polar surface area (TPSA) is 66.7 Å². The van der Waals surface area contributed by atoms with Crippen LogP contribution in [0.25, 0.3) is 0 Å². The van der Waals surface area contributed by atoms with E-state index in [0.29, 0.717) is 0 Å². The van der Waals surface area contributed by atoms with E-state index in [1.54, 1.807) is 0 Å². The lowest BCUT2D eigenvalue weighted by Gasteiger charge is -2.16. The van der Waals surface area contributed by atoms with E-state index in [1.807, 2.05) is 0 Å². The van der Waals surface area contributed by atoms with Crippen LogP contribution >= 0.6 is 34.8 Å². The Hall–Kier alpha value is -0.720. The Bertz CT molecular complexity index is 338. The van der Waals surface area contributed by atoms with Crippen LogP contribution < -0.4 is 0 Å². The van der Waals surface area contributed by atoms with Crippen LogP contribution in [0.4, 0.5) is 0 Å². The van der Waals surface area contributed by atoms with Crippen LogP contribution in [0.2, 0.25) is 0 Å². The van der Waals surface area contributed by atoms with Crippen molar-refractivity contribution in [2.45, 2.75) is 3.79 Å². The maximum absolute atomic E-state index is 11.5. The first-order valence-electron chi connectivity index (χ1n) is 3.69. The molecule has 0 aliphatic carbocycles. The molecule has 0 atom stereocenters. The number of halogens is 3. The Labute approximate surface area is 100 Å². The summed E-state index contributed by atoms with van der Waals surface area (Å²) in [5, 5.41) is 10.5. The van der Waals surface area contributed by atoms with Gasteiger partial charge in [-0.1, -0.05) is 39.8 Å². The van der Waals surface area contributed by atoms with Crippen LogP contribution in [-0.4, -0.2) is 38.2 Å². The highest BCUT2D eigenvalue weighted by molar-refractivity contribution is 6.77. The van der Waals surface area contributed by atoms with Crippen LogP contribution in [0.15, 0.2) is 11.9 Å². The van der Waals surface area contributed by atoms with Gasteiger partial charge >= 0.3 is 0 Å². The molecule has 0 aromatic rings. The Kier molecular flexibility index (Phi) is 3.32. The quantitative estimate of drug-likeness (QED) is 0.429. The summed E-state index contributed by atoms with van der Waals surface area (Å²) in [6.45, 7) is -0.0607. The molecule has 1 aliphatic rings. The Morgan fingerprint density at radius 3 is 2.47 bits per heavy atom. The van der Waals surface area contributed by atoms with Crippen LogP contribution in [0.3, 0.4) is 0 Å². The van der Waals surface area contributed by atoms with E-state index < -0.39 is 14.6 Å². The number of hydrogen-bond acceptors (Lipinski definition) is 4. The molecule has 0 fully saturated rings. The Balaban J connectivity index is 2.92. The monoisotopic (exact) mass is 273 g/mol. The summed E-state index contributed by atoms with van der Waals surface area (Å²) in [5.41, 5.74) is -0.00769. The number of hydrogen-bond donors (Lipinski definition) is 0. The second kappa shape index (κ2) is 4.03. The average molecular weight is 274 g/mol. The molecule has 0 aromatic carbocycles. The maximum atomic E-state index is 11.5. The van der Waals surface area contributed by atoms with Crippen molar-refractivity contribution >= 4 is 40.6 Å². The minimum Gasteiger partial charge on any atom is -0.347 e. The van der Waals surface area contributed by atoms with Gasteiger partial charge in [-0.3, -0.25) is 4.79 Å². The first-order chi connectivity index (χ1) is 6.73. The summed E-state index contributed by atoms with van der Waals surface area (Å²) in [6.07, 6.45) is 1.03. The number of alkyl halides is 3. The summed E-state index contributed by atoms with van der Waals surface area (Å²) in [6, 6.07) is 0. The van der Waals surface area contributed by atoms with Crippen LogP contribution in [0.5, 0.6) is 0 Å². The zero-order valence-corrected chi connectivity index (χ0v) is 9.75. The highest BCUT2D eigenvalue weighted by atomic mass is 35.6. The molecule has 6 nitrogen and oxygen atoms in total. The van der Waals surface area contributed by atoms with Gasteiger partial charge in [0.05, 0.1) is 6.20 Å². The average Bonchev–Trinajstić information content (AvgIpc) is 2.44. The normalized spacial score (nSPS) is 16.7. The Morgan fingerprint density at radius 2 is 2.13 bits per heavy atom. The van der Waals surface area contributed by atoms with Gasteiger partial charge in [0.1, 0.15) is 5.70 Å². The van der Waals surface area contributed by atoms with Gasteiger partial charge in [0.2, 0.25) is 5.78 Å². The van der Waals surface area contributed by atoms with Crippen molar-refractivity contribution in [2.75, 3.05) is 13.7 Å². The summed E-state index contributed by atoms with van der Waals surface area (Å²) < 4.78 is -2.10. The van der Waals surface area contributed by atoms with Crippen molar-refractivity contribution < 1.29 is 9.83 Å². The number of allylic oxidation sites excluding steroid dienone is 1. The molecule has 1 rings (SSSR count). The molecule has 0 unspecified atom stereocenters. The van der Waals surface area contributed by atoms with E-state index in [0.717, 1.165) is 11.2 Å². The van der Waals surface area contributed by atoms with Gasteiger partial charge in [-0.2, -0.15) is 0 Å². The fraction of sp³-hybridized carbons (Fsp3) is 0.500. The molecule has 0 amide bonds. The molecule has 0 bridgehead atoms. The van der Waals surface area contributed by atoms with Crippen LogP contribution in [0, 0.1) is 10.1 Å². The fourth-order valence-electron chi connectivity index (χ4n) is 1.05. The van der Waals surface area contributed by atoms with Gasteiger partial charge in [-0.05, 0) is 0 Å². The predicted molar refractivity (Wildman–Crippen MR) is 54.8 cm³/mol. The van der Waals surface area contributed by atoms with Crippen molar-refractivity contribution in [3.05, 3.63) is 22.0 Å². The number of nitro groups is 1. The molecule has 0 saturated heterocycles. The van der Waals surface area contributed by atoms with Crippen molar-refractivity contribution in [3.8, 4) is 0 Å². The van der Waals surface area contributed by atoms with Crippen molar-refractivity contribution in [1.82, 2.24) is 9.91 Å². The number of ketones is 1. The molecule has 1 heterocycles. The van der Waals surface area contributed by atoms with Crippen LogP contribution in [0.1, 0.15) is 0 Å². The zero-order chi connectivity index (χ0) is 11.8. The molecule has 0 radical (unpaired) electrons. The highest BCUT2D eigenvalue weighted by Gasteiger charge is 2.39. The number of nitrogens with zero attached hydrogens (tertiary/aromatic N) is 3. The maximum Gasteiger partial charge on any atom is 0.255 e. The van der Waals surface area contributed by atoms with Crippen molar-refractivity contribution in [3.63, 3.8) is 0 Å². The standard InChI is InChI=1S/C6H6Cl3N3O3/c1-10-3-11(12(14)15)2-4(10)5(13)6(7,8)9/h2H,3H2,1H3. The third-order valence-corrected chi connectivity index (χ3v) is 2.25. The zero-order valence-electron chi connectivity index (χ0n) is 7.48. The number of Topliss-reactive ketones (excluding diaryl/α,β-unsaturated/α-hetero) is 1. The van der Waals surface area contributed by atoms with E-state index in [2.05, 4.69) is 0 Å². The van der Waals surface area contributed by atoms with E-state index in [1.165, 1.54) is 11.9 Å². The second-order valence-corrected chi connectivity index (χ2v) is 5.14. The largest absolute Gasteiger partial charge is 0.347 e. The number of likely N-dealkylation sites (N-methyl/N-ethyl adjacent to an activating group) is 1. The number of rotatable bonds is 2. The van der Waals surface area contributed by atoms with Gasteiger partial charge in [0, 0.05) is 7.05 Å². The van der Waals surface area contributed by atoms with Gasteiger partial charge in [0.15, 0.2) is 11.7 Å².